The van der Waals surface area contributed by atoms with Gasteiger partial charge in [-0.25, -0.2) is 9.97 Å². The number of anilines is 2. The zero-order chi connectivity index (χ0) is 13.4. The molecule has 6 heteroatoms. The summed E-state index contributed by atoms with van der Waals surface area (Å²) in [5.41, 5.74) is 2.61. The summed E-state index contributed by atoms with van der Waals surface area (Å²) in [5.74, 6) is 0.715. The third kappa shape index (κ3) is 2.50. The Morgan fingerprint density at radius 2 is 1.79 bits per heavy atom. The van der Waals surface area contributed by atoms with Crippen LogP contribution in [-0.4, -0.2) is 15.0 Å². The maximum absolute atomic E-state index is 5.98. The molecule has 0 radical (unpaired) electrons. The number of benzene rings is 1. The normalized spacial score (nSPS) is 10.9. The van der Waals surface area contributed by atoms with Crippen molar-refractivity contribution in [2.45, 2.75) is 6.92 Å². The van der Waals surface area contributed by atoms with E-state index in [1.54, 1.807) is 18.2 Å². The minimum atomic E-state index is 0.575. The summed E-state index contributed by atoms with van der Waals surface area (Å²) in [6.07, 6.45) is 1.51. The number of fused-ring (bicyclic) bond motifs is 1. The first-order valence-corrected chi connectivity index (χ1v) is 6.41. The van der Waals surface area contributed by atoms with E-state index in [1.165, 1.54) is 6.33 Å². The number of hydrogen-bond acceptors (Lipinski definition) is 3. The second kappa shape index (κ2) is 4.72. The quantitative estimate of drug-likeness (QED) is 0.740. The standard InChI is InChI=1S/C13H10Cl2N4/c1-7-2-11-12(18-7)16-6-17-13(11)19-10-4-8(14)3-9(15)5-10/h2-6H,1H3,(H2,16,17,18,19). The van der Waals surface area contributed by atoms with Gasteiger partial charge in [0.15, 0.2) is 0 Å². The Hall–Kier alpha value is -1.78. The predicted molar refractivity (Wildman–Crippen MR) is 78.4 cm³/mol. The SMILES string of the molecule is Cc1cc2c(Nc3cc(Cl)cc(Cl)c3)ncnc2[nH]1. The fourth-order valence-corrected chi connectivity index (χ4v) is 2.46. The Morgan fingerprint density at radius 3 is 2.53 bits per heavy atom. The topological polar surface area (TPSA) is 53.6 Å². The highest BCUT2D eigenvalue weighted by Crippen LogP contribution is 2.27. The molecule has 0 spiro atoms. The van der Waals surface area contributed by atoms with Gasteiger partial charge in [-0.15, -0.1) is 0 Å². The highest BCUT2D eigenvalue weighted by Gasteiger charge is 2.07. The predicted octanol–water partition coefficient (Wildman–Crippen LogP) is 4.32. The lowest BCUT2D eigenvalue weighted by Gasteiger charge is -2.07. The van der Waals surface area contributed by atoms with Crippen molar-refractivity contribution < 1.29 is 0 Å². The largest absolute Gasteiger partial charge is 0.343 e. The Labute approximate surface area is 119 Å². The van der Waals surface area contributed by atoms with Gasteiger partial charge in [-0.3, -0.25) is 0 Å². The molecule has 0 bridgehead atoms. The van der Waals surface area contributed by atoms with Crippen LogP contribution in [0.5, 0.6) is 0 Å². The first-order chi connectivity index (χ1) is 9.11. The molecule has 3 rings (SSSR count). The van der Waals surface area contributed by atoms with Gasteiger partial charge in [-0.2, -0.15) is 0 Å². The summed E-state index contributed by atoms with van der Waals surface area (Å²) in [6.45, 7) is 1.97. The molecule has 0 unspecified atom stereocenters. The lowest BCUT2D eigenvalue weighted by atomic mass is 10.3. The molecule has 0 saturated carbocycles. The smallest absolute Gasteiger partial charge is 0.143 e. The van der Waals surface area contributed by atoms with Crippen LogP contribution in [0.1, 0.15) is 5.69 Å². The van der Waals surface area contributed by atoms with E-state index in [0.29, 0.717) is 15.9 Å². The summed E-state index contributed by atoms with van der Waals surface area (Å²) in [6, 6.07) is 7.26. The van der Waals surface area contributed by atoms with Crippen molar-refractivity contribution in [3.63, 3.8) is 0 Å². The van der Waals surface area contributed by atoms with Crippen LogP contribution in [0, 0.1) is 6.92 Å². The molecule has 0 saturated heterocycles. The third-order valence-electron chi connectivity index (χ3n) is 2.69. The second-order valence-corrected chi connectivity index (χ2v) is 5.09. The summed E-state index contributed by atoms with van der Waals surface area (Å²) in [7, 11) is 0. The number of nitrogens with one attached hydrogen (secondary N) is 2. The molecular formula is C13H10Cl2N4. The van der Waals surface area contributed by atoms with Gasteiger partial charge in [-0.05, 0) is 31.2 Å². The van der Waals surface area contributed by atoms with Crippen LogP contribution in [0.2, 0.25) is 10.0 Å². The maximum Gasteiger partial charge on any atom is 0.143 e. The van der Waals surface area contributed by atoms with Gasteiger partial charge in [0.25, 0.3) is 0 Å². The van der Waals surface area contributed by atoms with Gasteiger partial charge in [0.2, 0.25) is 0 Å². The van der Waals surface area contributed by atoms with Crippen LogP contribution in [-0.2, 0) is 0 Å². The molecule has 0 fully saturated rings. The number of aryl methyl sites for hydroxylation is 1. The number of halogens is 2. The fourth-order valence-electron chi connectivity index (χ4n) is 1.93. The Kier molecular flexibility index (Phi) is 3.05. The van der Waals surface area contributed by atoms with Crippen molar-refractivity contribution in [3.05, 3.63) is 46.3 Å². The molecule has 0 aliphatic heterocycles. The summed E-state index contributed by atoms with van der Waals surface area (Å²) in [4.78, 5) is 11.6. The minimum absolute atomic E-state index is 0.575. The molecule has 0 atom stereocenters. The van der Waals surface area contributed by atoms with E-state index in [4.69, 9.17) is 23.2 Å². The molecule has 2 aromatic heterocycles. The van der Waals surface area contributed by atoms with E-state index >= 15 is 0 Å². The Morgan fingerprint density at radius 1 is 1.05 bits per heavy atom. The molecule has 0 aliphatic rings. The molecule has 0 amide bonds. The first-order valence-electron chi connectivity index (χ1n) is 5.65. The van der Waals surface area contributed by atoms with Crippen molar-refractivity contribution in [1.82, 2.24) is 15.0 Å². The number of aromatic nitrogens is 3. The van der Waals surface area contributed by atoms with Crippen LogP contribution in [0.4, 0.5) is 11.5 Å². The third-order valence-corrected chi connectivity index (χ3v) is 3.12. The van der Waals surface area contributed by atoms with Crippen LogP contribution in [0.25, 0.3) is 11.0 Å². The van der Waals surface area contributed by atoms with Crippen LogP contribution < -0.4 is 5.32 Å². The summed E-state index contributed by atoms with van der Waals surface area (Å²) in [5, 5.41) is 5.28. The Balaban J connectivity index is 2.05. The van der Waals surface area contributed by atoms with Crippen molar-refractivity contribution in [2.75, 3.05) is 5.32 Å². The monoisotopic (exact) mass is 292 g/mol. The lowest BCUT2D eigenvalue weighted by molar-refractivity contribution is 1.18. The molecule has 4 nitrogen and oxygen atoms in total. The minimum Gasteiger partial charge on any atom is -0.343 e. The van der Waals surface area contributed by atoms with Gasteiger partial charge in [0.05, 0.1) is 5.39 Å². The zero-order valence-electron chi connectivity index (χ0n) is 10.0. The molecule has 2 N–H and O–H groups in total. The molecule has 2 heterocycles. The fraction of sp³-hybridized carbons (Fsp3) is 0.0769. The van der Waals surface area contributed by atoms with E-state index in [-0.39, 0.29) is 0 Å². The second-order valence-electron chi connectivity index (χ2n) is 4.22. The van der Waals surface area contributed by atoms with E-state index in [0.717, 1.165) is 22.4 Å². The lowest BCUT2D eigenvalue weighted by Crippen LogP contribution is -1.95. The summed E-state index contributed by atoms with van der Waals surface area (Å²) >= 11 is 12.0. The van der Waals surface area contributed by atoms with Crippen molar-refractivity contribution in [2.24, 2.45) is 0 Å². The van der Waals surface area contributed by atoms with Crippen LogP contribution in [0.15, 0.2) is 30.6 Å². The molecule has 1 aromatic carbocycles. The van der Waals surface area contributed by atoms with E-state index < -0.39 is 0 Å². The van der Waals surface area contributed by atoms with Gasteiger partial charge >= 0.3 is 0 Å². The molecule has 19 heavy (non-hydrogen) atoms. The van der Waals surface area contributed by atoms with Gasteiger partial charge < -0.3 is 10.3 Å². The first kappa shape index (κ1) is 12.3. The highest BCUT2D eigenvalue weighted by molar-refractivity contribution is 6.35. The number of hydrogen-bond donors (Lipinski definition) is 2. The van der Waals surface area contributed by atoms with Gasteiger partial charge in [0.1, 0.15) is 17.8 Å². The number of aromatic amines is 1. The van der Waals surface area contributed by atoms with Crippen molar-refractivity contribution >= 4 is 45.7 Å². The molecule has 0 aliphatic carbocycles. The summed E-state index contributed by atoms with van der Waals surface area (Å²) < 4.78 is 0. The van der Waals surface area contributed by atoms with Crippen molar-refractivity contribution in [1.29, 1.82) is 0 Å². The molecule has 96 valence electrons. The van der Waals surface area contributed by atoms with E-state index in [2.05, 4.69) is 20.3 Å². The highest BCUT2D eigenvalue weighted by atomic mass is 35.5. The zero-order valence-corrected chi connectivity index (χ0v) is 11.5. The average Bonchev–Trinajstić information content (AvgIpc) is 2.69. The van der Waals surface area contributed by atoms with Crippen molar-refractivity contribution in [3.8, 4) is 0 Å². The number of nitrogens with zero attached hydrogens (tertiary/aromatic N) is 2. The van der Waals surface area contributed by atoms with E-state index in [1.807, 2.05) is 13.0 Å². The Bertz CT molecular complexity index is 731. The average molecular weight is 293 g/mol. The van der Waals surface area contributed by atoms with Crippen LogP contribution >= 0.6 is 23.2 Å². The van der Waals surface area contributed by atoms with Gasteiger partial charge in [0, 0.05) is 21.4 Å². The van der Waals surface area contributed by atoms with Gasteiger partial charge in [-0.1, -0.05) is 23.2 Å². The molecule has 3 aromatic rings. The van der Waals surface area contributed by atoms with E-state index in [9.17, 15) is 0 Å². The molecular weight excluding hydrogens is 283 g/mol. The number of rotatable bonds is 2. The van der Waals surface area contributed by atoms with Crippen LogP contribution in [0.3, 0.4) is 0 Å². The maximum atomic E-state index is 5.98. The number of H-pyrrole nitrogens is 1.